The van der Waals surface area contributed by atoms with Gasteiger partial charge in [0.05, 0.1) is 24.9 Å². The molecule has 13 heavy (non-hydrogen) atoms. The Morgan fingerprint density at radius 1 is 0.846 bits per heavy atom. The number of hydrogen-bond acceptors (Lipinski definition) is 8. The third kappa shape index (κ3) is 25.8. The Labute approximate surface area is 74.1 Å². The van der Waals surface area contributed by atoms with Gasteiger partial charge in [-0.25, -0.2) is 0 Å². The van der Waals surface area contributed by atoms with Gasteiger partial charge < -0.3 is 20.5 Å². The van der Waals surface area contributed by atoms with E-state index in [2.05, 4.69) is 25.5 Å². The molecule has 0 heterocycles. The highest BCUT2D eigenvalue weighted by atomic mass is 16.6. The van der Waals surface area contributed by atoms with Crippen molar-refractivity contribution < 1.29 is 20.5 Å². The van der Waals surface area contributed by atoms with Crippen LogP contribution in [0.25, 0.3) is 0 Å². The maximum atomic E-state index is 7.72. The normalized spacial score (nSPS) is 11.2. The Morgan fingerprint density at radius 2 is 1.23 bits per heavy atom. The van der Waals surface area contributed by atoms with E-state index >= 15 is 0 Å². The first kappa shape index (κ1) is 13.5. The second-order valence-corrected chi connectivity index (χ2v) is 1.23. The van der Waals surface area contributed by atoms with Crippen molar-refractivity contribution >= 4 is 24.9 Å². The highest BCUT2D eigenvalue weighted by Gasteiger charge is 1.58. The monoisotopic (exact) mass is 190 g/mol. The summed E-state index contributed by atoms with van der Waals surface area (Å²) in [5, 5.41) is 33.7. The Kier molecular flexibility index (Phi) is 17.1. The molecule has 0 saturated carbocycles. The lowest BCUT2D eigenvalue weighted by Gasteiger charge is -1.76. The average molecular weight is 190 g/mol. The first-order valence-electron chi connectivity index (χ1n) is 2.89. The third-order valence-corrected chi connectivity index (χ3v) is 0.500. The second kappa shape index (κ2) is 16.5. The lowest BCUT2D eigenvalue weighted by Crippen LogP contribution is -1.74. The molecular formula is C5H10N4O4. The summed E-state index contributed by atoms with van der Waals surface area (Å²) in [6.07, 6.45) is 4.21. The molecular weight excluding hydrogens is 180 g/mol. The fourth-order valence-electron chi connectivity index (χ4n) is 0.178. The maximum Gasteiger partial charge on any atom is 0.106 e. The molecule has 8 heteroatoms. The SMILES string of the molecule is CON=CC=NO.ON=CC=NO. The third-order valence-electron chi connectivity index (χ3n) is 0.500. The minimum Gasteiger partial charge on any atom is -0.411 e. The van der Waals surface area contributed by atoms with Gasteiger partial charge in [-0.2, -0.15) is 0 Å². The van der Waals surface area contributed by atoms with Crippen LogP contribution in [0, 0.1) is 0 Å². The van der Waals surface area contributed by atoms with Crippen LogP contribution in [0.1, 0.15) is 0 Å². The second-order valence-electron chi connectivity index (χ2n) is 1.23. The molecule has 3 N–H and O–H groups in total. The highest BCUT2D eigenvalue weighted by Crippen LogP contribution is 1.58. The molecule has 0 radical (unpaired) electrons. The van der Waals surface area contributed by atoms with Crippen LogP contribution in [0.3, 0.4) is 0 Å². The highest BCUT2D eigenvalue weighted by molar-refractivity contribution is 6.15. The summed E-state index contributed by atoms with van der Waals surface area (Å²) < 4.78 is 0. The Morgan fingerprint density at radius 3 is 1.54 bits per heavy atom. The summed E-state index contributed by atoms with van der Waals surface area (Å²) in [6, 6.07) is 0. The largest absolute Gasteiger partial charge is 0.411 e. The van der Waals surface area contributed by atoms with Crippen LogP contribution in [0.2, 0.25) is 0 Å². The molecule has 0 amide bonds. The van der Waals surface area contributed by atoms with Crippen molar-refractivity contribution in [3.8, 4) is 0 Å². The van der Waals surface area contributed by atoms with Gasteiger partial charge >= 0.3 is 0 Å². The summed E-state index contributed by atoms with van der Waals surface area (Å²) in [7, 11) is 1.40. The van der Waals surface area contributed by atoms with Crippen molar-refractivity contribution in [3.63, 3.8) is 0 Å². The zero-order valence-corrected chi connectivity index (χ0v) is 6.85. The topological polar surface area (TPSA) is 119 Å². The molecule has 8 nitrogen and oxygen atoms in total. The minimum absolute atomic E-state index is 0.944. The van der Waals surface area contributed by atoms with Crippen molar-refractivity contribution in [2.24, 2.45) is 20.6 Å². The smallest absolute Gasteiger partial charge is 0.106 e. The van der Waals surface area contributed by atoms with Gasteiger partial charge in [0.15, 0.2) is 0 Å². The van der Waals surface area contributed by atoms with E-state index in [0.717, 1.165) is 18.6 Å². The van der Waals surface area contributed by atoms with E-state index in [-0.39, 0.29) is 0 Å². The van der Waals surface area contributed by atoms with Crippen LogP contribution in [0.4, 0.5) is 0 Å². The van der Waals surface area contributed by atoms with Crippen molar-refractivity contribution in [1.29, 1.82) is 0 Å². The first-order chi connectivity index (χ1) is 6.33. The molecule has 0 aliphatic rings. The van der Waals surface area contributed by atoms with Gasteiger partial charge in [0.25, 0.3) is 0 Å². The van der Waals surface area contributed by atoms with E-state index in [4.69, 9.17) is 15.6 Å². The van der Waals surface area contributed by atoms with E-state index in [9.17, 15) is 0 Å². The molecule has 0 bridgehead atoms. The average Bonchev–Trinajstić information content (AvgIpc) is 2.17. The van der Waals surface area contributed by atoms with Crippen LogP contribution in [0.15, 0.2) is 20.6 Å². The Hall–Kier alpha value is -2.12. The number of oxime groups is 4. The fraction of sp³-hybridized carbons (Fsp3) is 0.200. The summed E-state index contributed by atoms with van der Waals surface area (Å²) >= 11 is 0. The van der Waals surface area contributed by atoms with Crippen molar-refractivity contribution in [3.05, 3.63) is 0 Å². The van der Waals surface area contributed by atoms with E-state index in [1.807, 2.05) is 0 Å². The lowest BCUT2D eigenvalue weighted by atomic mass is 10.8. The van der Waals surface area contributed by atoms with Gasteiger partial charge in [-0.1, -0.05) is 20.6 Å². The molecule has 0 aliphatic carbocycles. The zero-order valence-electron chi connectivity index (χ0n) is 6.85. The number of rotatable bonds is 3. The molecule has 0 spiro atoms. The molecule has 0 unspecified atom stereocenters. The lowest BCUT2D eigenvalue weighted by molar-refractivity contribution is 0.216. The number of nitrogens with zero attached hydrogens (tertiary/aromatic N) is 4. The Bertz CT molecular complexity index is 179. The van der Waals surface area contributed by atoms with Gasteiger partial charge in [0.1, 0.15) is 7.11 Å². The summed E-state index contributed by atoms with van der Waals surface area (Å²) in [4.78, 5) is 4.21. The fourth-order valence-corrected chi connectivity index (χ4v) is 0.178. The summed E-state index contributed by atoms with van der Waals surface area (Å²) in [5.74, 6) is 0. The van der Waals surface area contributed by atoms with Crippen LogP contribution in [0.5, 0.6) is 0 Å². The maximum absolute atomic E-state index is 7.72. The molecule has 0 aromatic carbocycles. The standard InChI is InChI=1S/C3H6N2O2.C2H4N2O2/c1-7-5-3-2-4-6;5-3-1-2-4-6/h2-3,6H,1H3;1-2,5-6H. The summed E-state index contributed by atoms with van der Waals surface area (Å²) in [5.41, 5.74) is 0. The van der Waals surface area contributed by atoms with E-state index in [0.29, 0.717) is 0 Å². The molecule has 74 valence electrons. The first-order valence-corrected chi connectivity index (χ1v) is 2.89. The van der Waals surface area contributed by atoms with Gasteiger partial charge in [0, 0.05) is 0 Å². The van der Waals surface area contributed by atoms with E-state index in [1.165, 1.54) is 13.3 Å². The molecule has 0 aliphatic heterocycles. The summed E-state index contributed by atoms with van der Waals surface area (Å²) in [6.45, 7) is 0. The van der Waals surface area contributed by atoms with E-state index < -0.39 is 0 Å². The van der Waals surface area contributed by atoms with Crippen LogP contribution in [-0.4, -0.2) is 47.6 Å². The predicted octanol–water partition coefficient (Wildman–Crippen LogP) is -0.0150. The minimum atomic E-state index is 0.944. The predicted molar refractivity (Wildman–Crippen MR) is 46.3 cm³/mol. The van der Waals surface area contributed by atoms with Gasteiger partial charge in [-0.3, -0.25) is 0 Å². The Balaban J connectivity index is 0. The molecule has 0 aromatic rings. The quantitative estimate of drug-likeness (QED) is 0.329. The molecule has 0 atom stereocenters. The molecule has 0 rings (SSSR count). The van der Waals surface area contributed by atoms with E-state index in [1.54, 1.807) is 0 Å². The zero-order chi connectivity index (χ0) is 10.4. The molecule has 0 aromatic heterocycles. The van der Waals surface area contributed by atoms with Crippen LogP contribution >= 0.6 is 0 Å². The molecule has 0 fully saturated rings. The number of hydrogen-bond donors (Lipinski definition) is 3. The van der Waals surface area contributed by atoms with Gasteiger partial charge in [0.2, 0.25) is 0 Å². The van der Waals surface area contributed by atoms with Crippen LogP contribution < -0.4 is 0 Å². The van der Waals surface area contributed by atoms with Crippen LogP contribution in [-0.2, 0) is 4.84 Å². The van der Waals surface area contributed by atoms with Crippen molar-refractivity contribution in [1.82, 2.24) is 0 Å². The van der Waals surface area contributed by atoms with Crippen molar-refractivity contribution in [2.45, 2.75) is 0 Å². The molecule has 0 saturated heterocycles. The van der Waals surface area contributed by atoms with Gasteiger partial charge in [-0.05, 0) is 0 Å². The van der Waals surface area contributed by atoms with Gasteiger partial charge in [-0.15, -0.1) is 0 Å². The van der Waals surface area contributed by atoms with Crippen molar-refractivity contribution in [2.75, 3.05) is 7.11 Å².